The number of ether oxygens (including phenoxy) is 1. The maximum Gasteiger partial charge on any atom is 0.241 e. The molecule has 7 nitrogen and oxygen atoms in total. The zero-order valence-electron chi connectivity index (χ0n) is 16.3. The highest BCUT2D eigenvalue weighted by molar-refractivity contribution is 5.85. The van der Waals surface area contributed by atoms with E-state index in [1.54, 1.807) is 10.9 Å². The predicted octanol–water partition coefficient (Wildman–Crippen LogP) is 1.68. The Balaban J connectivity index is 0.00000182. The first kappa shape index (κ1) is 24.2. The largest absolute Gasteiger partial charge is 0.381 e. The number of halogens is 2. The van der Waals surface area contributed by atoms with Crippen LogP contribution < -0.4 is 10.6 Å². The lowest BCUT2D eigenvalue weighted by atomic mass is 9.86. The molecule has 2 saturated heterocycles. The highest BCUT2D eigenvalue weighted by Gasteiger charge is 2.39. The summed E-state index contributed by atoms with van der Waals surface area (Å²) in [5.41, 5.74) is 0.933. The number of carbonyl (C=O) groups excluding carboxylic acids is 1. The summed E-state index contributed by atoms with van der Waals surface area (Å²) in [6, 6.07) is -0.369. The van der Waals surface area contributed by atoms with Crippen LogP contribution in [0.5, 0.6) is 0 Å². The van der Waals surface area contributed by atoms with Crippen LogP contribution >= 0.6 is 24.8 Å². The van der Waals surface area contributed by atoms with Gasteiger partial charge in [-0.25, -0.2) is 0 Å². The minimum Gasteiger partial charge on any atom is -0.381 e. The van der Waals surface area contributed by atoms with Crippen LogP contribution in [-0.4, -0.2) is 66.0 Å². The number of hydrogen-bond donors (Lipinski definition) is 2. The van der Waals surface area contributed by atoms with E-state index in [0.29, 0.717) is 6.54 Å². The first-order chi connectivity index (χ1) is 12.1. The number of nitrogens with one attached hydrogen (secondary N) is 2. The molecule has 0 aromatic carbocycles. The molecule has 2 fully saturated rings. The molecule has 2 N–H and O–H groups in total. The van der Waals surface area contributed by atoms with Crippen LogP contribution in [0.25, 0.3) is 0 Å². The summed E-state index contributed by atoms with van der Waals surface area (Å²) in [7, 11) is 3.67. The first-order valence-electron chi connectivity index (χ1n) is 9.41. The van der Waals surface area contributed by atoms with E-state index in [1.807, 2.05) is 20.3 Å². The summed E-state index contributed by atoms with van der Waals surface area (Å²) >= 11 is 0. The predicted molar refractivity (Wildman–Crippen MR) is 111 cm³/mol. The summed E-state index contributed by atoms with van der Waals surface area (Å²) < 4.78 is 7.32. The van der Waals surface area contributed by atoms with Gasteiger partial charge in [0.05, 0.1) is 6.20 Å². The molecule has 3 heterocycles. The molecule has 1 aromatic rings. The van der Waals surface area contributed by atoms with E-state index in [1.165, 1.54) is 19.3 Å². The lowest BCUT2D eigenvalue weighted by Gasteiger charge is -2.48. The number of piperidine rings is 1. The third-order valence-electron chi connectivity index (χ3n) is 5.65. The second kappa shape index (κ2) is 11.2. The number of aryl methyl sites for hydroxylation is 1. The number of nitrogens with zero attached hydrogens (tertiary/aromatic N) is 3. The van der Waals surface area contributed by atoms with E-state index in [2.05, 4.69) is 20.6 Å². The van der Waals surface area contributed by atoms with Gasteiger partial charge >= 0.3 is 0 Å². The van der Waals surface area contributed by atoms with Gasteiger partial charge in [0, 0.05) is 44.1 Å². The van der Waals surface area contributed by atoms with E-state index in [-0.39, 0.29) is 42.3 Å². The quantitative estimate of drug-likeness (QED) is 0.730. The molecule has 0 aliphatic carbocycles. The van der Waals surface area contributed by atoms with E-state index in [4.69, 9.17) is 4.74 Å². The Morgan fingerprint density at radius 3 is 2.48 bits per heavy atom. The molecular formula is C18H33Cl2N5O2. The summed E-state index contributed by atoms with van der Waals surface area (Å²) in [5, 5.41) is 10.5. The molecule has 0 spiro atoms. The molecule has 1 atom stereocenters. The van der Waals surface area contributed by atoms with Gasteiger partial charge in [0.25, 0.3) is 0 Å². The molecule has 2 aliphatic rings. The van der Waals surface area contributed by atoms with Crippen molar-refractivity contribution >= 4 is 30.7 Å². The monoisotopic (exact) mass is 421 g/mol. The molecule has 0 radical (unpaired) electrons. The van der Waals surface area contributed by atoms with Crippen LogP contribution in [-0.2, 0) is 16.6 Å². The normalized spacial score (nSPS) is 20.8. The van der Waals surface area contributed by atoms with Crippen LogP contribution in [0.3, 0.4) is 0 Å². The fourth-order valence-corrected chi connectivity index (χ4v) is 4.12. The van der Waals surface area contributed by atoms with Crippen molar-refractivity contribution in [3.05, 3.63) is 18.0 Å². The average Bonchev–Trinajstić information content (AvgIpc) is 3.08. The molecule has 3 rings (SSSR count). The smallest absolute Gasteiger partial charge is 0.241 e. The maximum absolute atomic E-state index is 12.8. The zero-order valence-corrected chi connectivity index (χ0v) is 17.9. The van der Waals surface area contributed by atoms with Crippen LogP contribution in [0.4, 0.5) is 0 Å². The third-order valence-corrected chi connectivity index (χ3v) is 5.65. The van der Waals surface area contributed by atoms with E-state index in [9.17, 15) is 4.79 Å². The Morgan fingerprint density at radius 2 is 1.93 bits per heavy atom. The van der Waals surface area contributed by atoms with Crippen LogP contribution in [0.1, 0.15) is 43.7 Å². The van der Waals surface area contributed by atoms with Gasteiger partial charge in [0.2, 0.25) is 5.91 Å². The molecule has 1 unspecified atom stereocenters. The first-order valence-corrected chi connectivity index (χ1v) is 9.41. The maximum atomic E-state index is 12.8. The van der Waals surface area contributed by atoms with Gasteiger partial charge in [0.15, 0.2) is 0 Å². The van der Waals surface area contributed by atoms with Crippen molar-refractivity contribution in [1.29, 1.82) is 0 Å². The van der Waals surface area contributed by atoms with Crippen molar-refractivity contribution in [2.24, 2.45) is 7.05 Å². The highest BCUT2D eigenvalue weighted by Crippen LogP contribution is 2.30. The Bertz CT molecular complexity index is 572. The molecule has 27 heavy (non-hydrogen) atoms. The highest BCUT2D eigenvalue weighted by atomic mass is 35.5. The molecule has 0 bridgehead atoms. The molecule has 0 saturated carbocycles. The Kier molecular flexibility index (Phi) is 10.0. The van der Waals surface area contributed by atoms with Crippen LogP contribution in [0.2, 0.25) is 0 Å². The lowest BCUT2D eigenvalue weighted by molar-refractivity contribution is -0.124. The van der Waals surface area contributed by atoms with Crippen molar-refractivity contribution in [3.8, 4) is 0 Å². The van der Waals surface area contributed by atoms with Crippen molar-refractivity contribution < 1.29 is 9.53 Å². The Labute approximate surface area is 174 Å². The second-order valence-electron chi connectivity index (χ2n) is 7.27. The Morgan fingerprint density at radius 1 is 1.26 bits per heavy atom. The summed E-state index contributed by atoms with van der Waals surface area (Å²) in [5.74, 6) is 0.0124. The average molecular weight is 422 g/mol. The van der Waals surface area contributed by atoms with Gasteiger partial charge in [-0.2, -0.15) is 5.10 Å². The fraction of sp³-hybridized carbons (Fsp3) is 0.778. The molecule has 156 valence electrons. The van der Waals surface area contributed by atoms with Gasteiger partial charge in [-0.1, -0.05) is 6.42 Å². The van der Waals surface area contributed by atoms with Crippen molar-refractivity contribution in [1.82, 2.24) is 25.3 Å². The van der Waals surface area contributed by atoms with Gasteiger partial charge in [0.1, 0.15) is 6.04 Å². The standard InChI is InChI=1S/C18H31N5O2.2ClH/c1-19-16(15-12-21-22(2)13-15)17(24)20-14-18(6-10-25-11-7-18)23-8-4-3-5-9-23;;/h12-13,16,19H,3-11,14H2,1-2H3,(H,20,24);2*1H. The minimum atomic E-state index is -0.369. The number of aromatic nitrogens is 2. The van der Waals surface area contributed by atoms with Crippen molar-refractivity contribution in [3.63, 3.8) is 0 Å². The SMILES string of the molecule is CNC(C(=O)NCC1(N2CCCCC2)CCOCC1)c1cnn(C)c1.Cl.Cl. The number of amides is 1. The number of rotatable bonds is 6. The minimum absolute atomic E-state index is 0. The van der Waals surface area contributed by atoms with Crippen LogP contribution in [0.15, 0.2) is 12.4 Å². The molecular weight excluding hydrogens is 389 g/mol. The third kappa shape index (κ3) is 5.81. The molecule has 1 amide bonds. The number of likely N-dealkylation sites (N-methyl/N-ethyl adjacent to an activating group) is 1. The second-order valence-corrected chi connectivity index (χ2v) is 7.27. The summed E-state index contributed by atoms with van der Waals surface area (Å²) in [6.07, 6.45) is 9.44. The zero-order chi connectivity index (χ0) is 17.7. The van der Waals surface area contributed by atoms with Gasteiger partial charge in [-0.3, -0.25) is 14.4 Å². The number of carbonyl (C=O) groups is 1. The van der Waals surface area contributed by atoms with Crippen molar-refractivity contribution in [2.75, 3.05) is 39.9 Å². The lowest BCUT2D eigenvalue weighted by Crippen LogP contribution is -2.60. The molecule has 1 aromatic heterocycles. The van der Waals surface area contributed by atoms with Gasteiger partial charge < -0.3 is 15.4 Å². The number of hydrogen-bond acceptors (Lipinski definition) is 5. The van der Waals surface area contributed by atoms with Crippen molar-refractivity contribution in [2.45, 2.75) is 43.7 Å². The molecule has 9 heteroatoms. The Hall–Kier alpha value is -0.860. The van der Waals surface area contributed by atoms with E-state index in [0.717, 1.165) is 44.7 Å². The van der Waals surface area contributed by atoms with E-state index >= 15 is 0 Å². The topological polar surface area (TPSA) is 71.4 Å². The van der Waals surface area contributed by atoms with Gasteiger partial charge in [-0.15, -0.1) is 24.8 Å². The number of likely N-dealkylation sites (tertiary alicyclic amines) is 1. The summed E-state index contributed by atoms with van der Waals surface area (Å²) in [6.45, 7) is 4.52. The summed E-state index contributed by atoms with van der Waals surface area (Å²) in [4.78, 5) is 15.4. The van der Waals surface area contributed by atoms with E-state index < -0.39 is 0 Å². The fourth-order valence-electron chi connectivity index (χ4n) is 4.12. The molecule has 2 aliphatic heterocycles. The van der Waals surface area contributed by atoms with Gasteiger partial charge in [-0.05, 0) is 45.8 Å². The van der Waals surface area contributed by atoms with Crippen LogP contribution in [0, 0.1) is 0 Å².